The third-order valence-corrected chi connectivity index (χ3v) is 2.13. The van der Waals surface area contributed by atoms with Crippen LogP contribution in [0.4, 0.5) is 8.78 Å². The fraction of sp³-hybridized carbons (Fsp3) is 0.636. The summed E-state index contributed by atoms with van der Waals surface area (Å²) in [6.45, 7) is 0.171. The first-order chi connectivity index (χ1) is 9.04. The molecule has 1 heterocycles. The number of carbonyl (C=O) groups excluding carboxylic acids is 1. The van der Waals surface area contributed by atoms with Crippen LogP contribution in [0.3, 0.4) is 0 Å². The SMILES string of the molecule is CCOCCCOC(=O)c1cc(OC(F)F)n(C)n1. The van der Waals surface area contributed by atoms with Crippen molar-refractivity contribution in [2.75, 3.05) is 19.8 Å². The Hall–Kier alpha value is -1.70. The highest BCUT2D eigenvalue weighted by atomic mass is 19.3. The number of esters is 1. The van der Waals surface area contributed by atoms with Gasteiger partial charge in [-0.3, -0.25) is 0 Å². The van der Waals surface area contributed by atoms with Gasteiger partial charge in [-0.05, 0) is 6.92 Å². The van der Waals surface area contributed by atoms with Crippen molar-refractivity contribution in [2.45, 2.75) is 20.0 Å². The molecule has 0 atom stereocenters. The molecule has 0 fully saturated rings. The molecule has 0 aromatic carbocycles. The van der Waals surface area contributed by atoms with E-state index in [0.29, 0.717) is 19.6 Å². The average Bonchev–Trinajstić information content (AvgIpc) is 2.70. The molecule has 0 saturated carbocycles. The van der Waals surface area contributed by atoms with Gasteiger partial charge in [-0.15, -0.1) is 0 Å². The Morgan fingerprint density at radius 1 is 1.47 bits per heavy atom. The molecule has 1 rings (SSSR count). The van der Waals surface area contributed by atoms with Crippen molar-refractivity contribution in [3.05, 3.63) is 11.8 Å². The van der Waals surface area contributed by atoms with Crippen LogP contribution in [-0.2, 0) is 16.5 Å². The Kier molecular flexibility index (Phi) is 6.20. The summed E-state index contributed by atoms with van der Waals surface area (Å²) in [7, 11) is 1.39. The maximum absolute atomic E-state index is 12.0. The Morgan fingerprint density at radius 3 is 2.84 bits per heavy atom. The molecule has 0 N–H and O–H groups in total. The predicted molar refractivity (Wildman–Crippen MR) is 61.2 cm³/mol. The Morgan fingerprint density at radius 2 is 2.21 bits per heavy atom. The monoisotopic (exact) mass is 278 g/mol. The third kappa shape index (κ3) is 5.21. The third-order valence-electron chi connectivity index (χ3n) is 2.13. The fourth-order valence-electron chi connectivity index (χ4n) is 1.30. The van der Waals surface area contributed by atoms with Crippen LogP contribution in [0, 0.1) is 0 Å². The molecule has 0 saturated heterocycles. The van der Waals surface area contributed by atoms with Crippen LogP contribution in [-0.4, -0.2) is 42.2 Å². The largest absolute Gasteiger partial charge is 0.461 e. The summed E-state index contributed by atoms with van der Waals surface area (Å²) in [5.74, 6) is -0.882. The molecule has 0 spiro atoms. The van der Waals surface area contributed by atoms with Crippen molar-refractivity contribution in [1.82, 2.24) is 9.78 Å². The number of aryl methyl sites for hydroxylation is 1. The fourth-order valence-corrected chi connectivity index (χ4v) is 1.30. The summed E-state index contributed by atoms with van der Waals surface area (Å²) in [6.07, 6.45) is 0.562. The highest BCUT2D eigenvalue weighted by Gasteiger charge is 2.17. The number of aromatic nitrogens is 2. The molecule has 6 nitrogen and oxygen atoms in total. The van der Waals surface area contributed by atoms with Gasteiger partial charge >= 0.3 is 12.6 Å². The van der Waals surface area contributed by atoms with Gasteiger partial charge in [0, 0.05) is 32.7 Å². The van der Waals surface area contributed by atoms with Crippen LogP contribution in [0.25, 0.3) is 0 Å². The number of rotatable bonds is 8. The second-order valence-corrected chi connectivity index (χ2v) is 3.56. The van der Waals surface area contributed by atoms with Crippen molar-refractivity contribution in [3.8, 4) is 5.88 Å². The minimum Gasteiger partial charge on any atom is -0.461 e. The van der Waals surface area contributed by atoms with Crippen LogP contribution in [0.15, 0.2) is 6.07 Å². The topological polar surface area (TPSA) is 62.6 Å². The Balaban J connectivity index is 2.44. The number of carbonyl (C=O) groups is 1. The molecule has 0 aliphatic heterocycles. The molecule has 0 radical (unpaired) electrons. The maximum atomic E-state index is 12.0. The van der Waals surface area contributed by atoms with Crippen molar-refractivity contribution in [2.24, 2.45) is 7.05 Å². The first-order valence-electron chi connectivity index (χ1n) is 5.78. The zero-order chi connectivity index (χ0) is 14.3. The average molecular weight is 278 g/mol. The summed E-state index contributed by atoms with van der Waals surface area (Å²) in [5, 5.41) is 3.73. The molecule has 8 heteroatoms. The predicted octanol–water partition coefficient (Wildman–Crippen LogP) is 1.60. The van der Waals surface area contributed by atoms with E-state index in [1.165, 1.54) is 7.05 Å². The molecule has 0 unspecified atom stereocenters. The van der Waals surface area contributed by atoms with Crippen molar-refractivity contribution in [1.29, 1.82) is 0 Å². The van der Waals surface area contributed by atoms with Gasteiger partial charge in [0.15, 0.2) is 5.69 Å². The number of alkyl halides is 2. The van der Waals surface area contributed by atoms with Gasteiger partial charge < -0.3 is 14.2 Å². The second kappa shape index (κ2) is 7.67. The first kappa shape index (κ1) is 15.4. The minimum absolute atomic E-state index is 0.0745. The highest BCUT2D eigenvalue weighted by molar-refractivity contribution is 5.87. The molecule has 0 aliphatic rings. The molecule has 0 bridgehead atoms. The van der Waals surface area contributed by atoms with E-state index in [2.05, 4.69) is 9.84 Å². The van der Waals surface area contributed by atoms with Gasteiger partial charge in [-0.1, -0.05) is 0 Å². The van der Waals surface area contributed by atoms with Crippen LogP contribution in [0.2, 0.25) is 0 Å². The van der Waals surface area contributed by atoms with Gasteiger partial charge in [-0.2, -0.15) is 13.9 Å². The van der Waals surface area contributed by atoms with Crippen molar-refractivity contribution in [3.63, 3.8) is 0 Å². The van der Waals surface area contributed by atoms with Gasteiger partial charge in [0.05, 0.1) is 6.61 Å². The number of ether oxygens (including phenoxy) is 3. The van der Waals surface area contributed by atoms with Crippen LogP contribution in [0.5, 0.6) is 5.88 Å². The van der Waals surface area contributed by atoms with E-state index in [1.807, 2.05) is 6.92 Å². The highest BCUT2D eigenvalue weighted by Crippen LogP contribution is 2.15. The van der Waals surface area contributed by atoms with Crippen molar-refractivity contribution >= 4 is 5.97 Å². The molecule has 0 aliphatic carbocycles. The minimum atomic E-state index is -2.97. The molecular formula is C11H16F2N2O4. The summed E-state index contributed by atoms with van der Waals surface area (Å²) in [5.41, 5.74) is -0.0745. The standard InChI is InChI=1S/C11H16F2N2O4/c1-3-17-5-4-6-18-10(16)8-7-9(15(2)14-8)19-11(12)13/h7,11H,3-6H2,1-2H3. The lowest BCUT2D eigenvalue weighted by Crippen LogP contribution is -2.09. The number of halogens is 2. The van der Waals surface area contributed by atoms with E-state index in [4.69, 9.17) is 9.47 Å². The molecule has 108 valence electrons. The number of hydrogen-bond acceptors (Lipinski definition) is 5. The van der Waals surface area contributed by atoms with Gasteiger partial charge in [-0.25, -0.2) is 9.48 Å². The summed E-state index contributed by atoms with van der Waals surface area (Å²) in [4.78, 5) is 11.5. The molecule has 1 aromatic rings. The maximum Gasteiger partial charge on any atom is 0.388 e. The molecule has 1 aromatic heterocycles. The lowest BCUT2D eigenvalue weighted by atomic mass is 10.4. The second-order valence-electron chi connectivity index (χ2n) is 3.56. The van der Waals surface area contributed by atoms with E-state index < -0.39 is 12.6 Å². The quantitative estimate of drug-likeness (QED) is 0.534. The lowest BCUT2D eigenvalue weighted by Gasteiger charge is -2.02. The normalized spacial score (nSPS) is 10.8. The van der Waals surface area contributed by atoms with Crippen LogP contribution >= 0.6 is 0 Å². The summed E-state index contributed by atoms with van der Waals surface area (Å²) < 4.78 is 39.3. The molecule has 0 amide bonds. The van der Waals surface area contributed by atoms with E-state index in [9.17, 15) is 13.6 Å². The lowest BCUT2D eigenvalue weighted by molar-refractivity contribution is -0.0553. The van der Waals surface area contributed by atoms with E-state index >= 15 is 0 Å². The Labute approximate surface area is 109 Å². The zero-order valence-corrected chi connectivity index (χ0v) is 10.8. The smallest absolute Gasteiger partial charge is 0.388 e. The van der Waals surface area contributed by atoms with E-state index in [-0.39, 0.29) is 18.2 Å². The van der Waals surface area contributed by atoms with Gasteiger partial charge in [0.25, 0.3) is 0 Å². The number of hydrogen-bond donors (Lipinski definition) is 0. The Bertz CT molecular complexity index is 409. The van der Waals surface area contributed by atoms with Crippen LogP contribution in [0.1, 0.15) is 23.8 Å². The first-order valence-corrected chi connectivity index (χ1v) is 5.78. The zero-order valence-electron chi connectivity index (χ0n) is 10.8. The molecular weight excluding hydrogens is 262 g/mol. The van der Waals surface area contributed by atoms with Crippen molar-refractivity contribution < 1.29 is 27.8 Å². The van der Waals surface area contributed by atoms with Gasteiger partial charge in [0.1, 0.15) is 0 Å². The summed E-state index contributed by atoms with van der Waals surface area (Å²) in [6, 6.07) is 1.11. The van der Waals surface area contributed by atoms with E-state index in [1.54, 1.807) is 0 Å². The summed E-state index contributed by atoms with van der Waals surface area (Å²) >= 11 is 0. The van der Waals surface area contributed by atoms with Gasteiger partial charge in [0.2, 0.25) is 5.88 Å². The molecule has 19 heavy (non-hydrogen) atoms. The van der Waals surface area contributed by atoms with E-state index in [0.717, 1.165) is 10.7 Å². The number of nitrogens with zero attached hydrogens (tertiary/aromatic N) is 2. The van der Waals surface area contributed by atoms with Crippen LogP contribution < -0.4 is 4.74 Å².